The Morgan fingerprint density at radius 2 is 1.71 bits per heavy atom. The minimum absolute atomic E-state index is 0.190. The lowest BCUT2D eigenvalue weighted by molar-refractivity contribution is 0.0860. The number of ether oxygens (including phenoxy) is 1. The van der Waals surface area contributed by atoms with Crippen LogP contribution in [0.2, 0.25) is 10.0 Å². The van der Waals surface area contributed by atoms with Crippen LogP contribution in [0.4, 0.5) is 0 Å². The zero-order valence-corrected chi connectivity index (χ0v) is 21.0. The van der Waals surface area contributed by atoms with Gasteiger partial charge in [0.15, 0.2) is 0 Å². The molecule has 2 N–H and O–H groups in total. The van der Waals surface area contributed by atoms with Gasteiger partial charge in [0, 0.05) is 22.5 Å². The van der Waals surface area contributed by atoms with Crippen molar-refractivity contribution >= 4 is 46.4 Å². The first-order chi connectivity index (χ1) is 16.4. The maximum absolute atomic E-state index is 12.9. The van der Waals surface area contributed by atoms with E-state index >= 15 is 0 Å². The summed E-state index contributed by atoms with van der Waals surface area (Å²) in [5.41, 5.74) is 1.87. The van der Waals surface area contributed by atoms with Gasteiger partial charge in [-0.25, -0.2) is 4.98 Å². The Hall–Kier alpha value is -2.61. The third-order valence-corrected chi connectivity index (χ3v) is 7.11. The molecule has 0 spiro atoms. The summed E-state index contributed by atoms with van der Waals surface area (Å²) in [5, 5.41) is 9.30. The Balaban J connectivity index is 1.35. The van der Waals surface area contributed by atoms with Crippen molar-refractivity contribution in [2.75, 3.05) is 0 Å². The second-order valence-electron chi connectivity index (χ2n) is 8.30. The highest BCUT2D eigenvalue weighted by Gasteiger charge is 2.29. The molecule has 9 heteroatoms. The molecule has 2 aromatic carbocycles. The summed E-state index contributed by atoms with van der Waals surface area (Å²) in [6.07, 6.45) is 3.50. The van der Waals surface area contributed by atoms with Crippen LogP contribution in [0.1, 0.15) is 57.1 Å². The molecule has 1 aromatic heterocycles. The summed E-state index contributed by atoms with van der Waals surface area (Å²) in [4.78, 5) is 30.1. The standard InChI is InChI=1S/C25H25Cl2N3O3S/c1-15-6-9-17(10-7-15)33-13-23-28-22(14-34-23)25(32)30-21-5-3-2-4-20(21)29-24(31)18-11-8-16(26)12-19(18)27/h6-12,14,20-21H,2-5,13H2,1H3,(H,29,31)(H,30,32)/t20-,21-/m1/s1. The van der Waals surface area contributed by atoms with Crippen LogP contribution in [0.25, 0.3) is 0 Å². The summed E-state index contributed by atoms with van der Waals surface area (Å²) in [5.74, 6) is 0.221. The van der Waals surface area contributed by atoms with Gasteiger partial charge in [-0.1, -0.05) is 53.7 Å². The van der Waals surface area contributed by atoms with Crippen LogP contribution >= 0.6 is 34.5 Å². The third-order valence-electron chi connectivity index (χ3n) is 5.74. The monoisotopic (exact) mass is 517 g/mol. The lowest BCUT2D eigenvalue weighted by atomic mass is 9.90. The summed E-state index contributed by atoms with van der Waals surface area (Å²) >= 11 is 13.5. The summed E-state index contributed by atoms with van der Waals surface area (Å²) in [6, 6.07) is 12.2. The van der Waals surface area contributed by atoms with Crippen molar-refractivity contribution in [1.82, 2.24) is 15.6 Å². The topological polar surface area (TPSA) is 80.3 Å². The molecule has 1 fully saturated rings. The number of nitrogens with zero attached hydrogens (tertiary/aromatic N) is 1. The van der Waals surface area contributed by atoms with Gasteiger partial charge in [-0.05, 0) is 50.1 Å². The number of carbonyl (C=O) groups excluding carboxylic acids is 2. The molecule has 178 valence electrons. The van der Waals surface area contributed by atoms with Crippen molar-refractivity contribution in [3.8, 4) is 5.75 Å². The molecule has 2 atom stereocenters. The van der Waals surface area contributed by atoms with Gasteiger partial charge >= 0.3 is 0 Å². The van der Waals surface area contributed by atoms with Gasteiger partial charge < -0.3 is 15.4 Å². The van der Waals surface area contributed by atoms with Crippen LogP contribution in [0, 0.1) is 6.92 Å². The molecule has 0 bridgehead atoms. The molecule has 1 aliphatic carbocycles. The molecule has 1 heterocycles. The number of hydrogen-bond donors (Lipinski definition) is 2. The quantitative estimate of drug-likeness (QED) is 0.414. The van der Waals surface area contributed by atoms with Gasteiger partial charge in [-0.3, -0.25) is 9.59 Å². The van der Waals surface area contributed by atoms with E-state index in [4.69, 9.17) is 27.9 Å². The zero-order valence-electron chi connectivity index (χ0n) is 18.6. The first-order valence-corrected chi connectivity index (χ1v) is 12.7. The minimum Gasteiger partial charge on any atom is -0.486 e. The molecule has 6 nitrogen and oxygen atoms in total. The van der Waals surface area contributed by atoms with Crippen molar-refractivity contribution < 1.29 is 14.3 Å². The highest BCUT2D eigenvalue weighted by Crippen LogP contribution is 2.24. The van der Waals surface area contributed by atoms with E-state index < -0.39 is 0 Å². The van der Waals surface area contributed by atoms with Crippen LogP contribution < -0.4 is 15.4 Å². The lowest BCUT2D eigenvalue weighted by Crippen LogP contribution is -2.53. The Labute approximate surface area is 212 Å². The average Bonchev–Trinajstić information content (AvgIpc) is 3.29. The molecule has 34 heavy (non-hydrogen) atoms. The van der Waals surface area contributed by atoms with Crippen LogP contribution in [-0.4, -0.2) is 28.9 Å². The number of aryl methyl sites for hydroxylation is 1. The molecule has 2 amide bonds. The number of nitrogens with one attached hydrogen (secondary N) is 2. The Kier molecular flexibility index (Phi) is 8.08. The van der Waals surface area contributed by atoms with Crippen molar-refractivity contribution in [3.05, 3.63) is 79.7 Å². The number of amides is 2. The van der Waals surface area contributed by atoms with E-state index in [1.807, 2.05) is 31.2 Å². The lowest BCUT2D eigenvalue weighted by Gasteiger charge is -2.32. The molecule has 0 saturated heterocycles. The molecule has 3 aromatic rings. The molecule has 0 unspecified atom stereocenters. The van der Waals surface area contributed by atoms with Gasteiger partial charge in [-0.15, -0.1) is 11.3 Å². The van der Waals surface area contributed by atoms with Crippen molar-refractivity contribution in [2.45, 2.75) is 51.3 Å². The van der Waals surface area contributed by atoms with Crippen LogP contribution in [0.5, 0.6) is 5.75 Å². The fraction of sp³-hybridized carbons (Fsp3) is 0.320. The van der Waals surface area contributed by atoms with Crippen molar-refractivity contribution in [2.24, 2.45) is 0 Å². The maximum atomic E-state index is 12.9. The van der Waals surface area contributed by atoms with E-state index in [1.54, 1.807) is 23.6 Å². The first kappa shape index (κ1) is 24.5. The average molecular weight is 518 g/mol. The SMILES string of the molecule is Cc1ccc(OCc2nc(C(=O)N[C@@H]3CCCC[C@H]3NC(=O)c3ccc(Cl)cc3Cl)cs2)cc1. The smallest absolute Gasteiger partial charge is 0.271 e. The Morgan fingerprint density at radius 3 is 2.38 bits per heavy atom. The number of aromatic nitrogens is 1. The van der Waals surface area contributed by atoms with E-state index in [9.17, 15) is 9.59 Å². The minimum atomic E-state index is -0.281. The summed E-state index contributed by atoms with van der Waals surface area (Å²) in [7, 11) is 0. The highest BCUT2D eigenvalue weighted by atomic mass is 35.5. The predicted octanol–water partition coefficient (Wildman–Crippen LogP) is 5.81. The zero-order chi connectivity index (χ0) is 24.1. The molecular weight excluding hydrogens is 493 g/mol. The third kappa shape index (κ3) is 6.29. The van der Waals surface area contributed by atoms with Gasteiger partial charge in [0.25, 0.3) is 11.8 Å². The maximum Gasteiger partial charge on any atom is 0.271 e. The number of rotatable bonds is 7. The molecule has 0 radical (unpaired) electrons. The Morgan fingerprint density at radius 1 is 1.03 bits per heavy atom. The largest absolute Gasteiger partial charge is 0.486 e. The fourth-order valence-corrected chi connectivity index (χ4v) is 5.08. The number of carbonyl (C=O) groups is 2. The second-order valence-corrected chi connectivity index (χ2v) is 10.1. The van der Waals surface area contributed by atoms with E-state index in [1.165, 1.54) is 11.3 Å². The van der Waals surface area contributed by atoms with Crippen molar-refractivity contribution in [1.29, 1.82) is 0 Å². The van der Waals surface area contributed by atoms with E-state index in [2.05, 4.69) is 15.6 Å². The van der Waals surface area contributed by atoms with Crippen LogP contribution in [0.3, 0.4) is 0 Å². The highest BCUT2D eigenvalue weighted by molar-refractivity contribution is 7.09. The van der Waals surface area contributed by atoms with Crippen molar-refractivity contribution in [3.63, 3.8) is 0 Å². The Bertz CT molecular complexity index is 1170. The molecule has 4 rings (SSSR count). The molecular formula is C25H25Cl2N3O3S. The predicted molar refractivity (Wildman–Crippen MR) is 135 cm³/mol. The number of hydrogen-bond acceptors (Lipinski definition) is 5. The molecule has 1 aliphatic rings. The second kappa shape index (κ2) is 11.2. The van der Waals surface area contributed by atoms with E-state index in [-0.39, 0.29) is 23.9 Å². The number of thiazole rings is 1. The van der Waals surface area contributed by atoms with E-state index in [0.717, 1.165) is 42.0 Å². The molecule has 0 aliphatic heterocycles. The molecule has 1 saturated carbocycles. The van der Waals surface area contributed by atoms with E-state index in [0.29, 0.717) is 27.9 Å². The van der Waals surface area contributed by atoms with Crippen LogP contribution in [0.15, 0.2) is 47.8 Å². The normalized spacial score (nSPS) is 17.7. The summed E-state index contributed by atoms with van der Waals surface area (Å²) < 4.78 is 5.76. The fourth-order valence-electron chi connectivity index (χ4n) is 3.90. The van der Waals surface area contributed by atoms with Gasteiger partial charge in [0.2, 0.25) is 0 Å². The summed E-state index contributed by atoms with van der Waals surface area (Å²) in [6.45, 7) is 2.32. The van der Waals surface area contributed by atoms with Crippen LogP contribution in [-0.2, 0) is 6.61 Å². The van der Waals surface area contributed by atoms with Gasteiger partial charge in [0.1, 0.15) is 23.1 Å². The number of halogens is 2. The van der Waals surface area contributed by atoms with Gasteiger partial charge in [0.05, 0.1) is 10.6 Å². The number of benzene rings is 2. The first-order valence-electron chi connectivity index (χ1n) is 11.1. The van der Waals surface area contributed by atoms with Gasteiger partial charge in [-0.2, -0.15) is 0 Å².